The highest BCUT2D eigenvalue weighted by Gasteiger charge is 2.23. The van der Waals surface area contributed by atoms with E-state index in [9.17, 15) is 0 Å². The molecular formula is C52H41N5. The molecule has 1 atom stereocenters. The van der Waals surface area contributed by atoms with Gasteiger partial charge in [0, 0.05) is 23.2 Å². The zero-order chi connectivity index (χ0) is 38.6. The van der Waals surface area contributed by atoms with Crippen LogP contribution in [0.5, 0.6) is 0 Å². The largest absolute Gasteiger partial charge is 0.370 e. The maximum Gasteiger partial charge on any atom is 0.160 e. The summed E-state index contributed by atoms with van der Waals surface area (Å²) in [6, 6.07) is 68.0. The molecule has 1 heterocycles. The fourth-order valence-corrected chi connectivity index (χ4v) is 7.66. The molecular weight excluding hydrogens is 695 g/mol. The van der Waals surface area contributed by atoms with Crippen molar-refractivity contribution >= 4 is 28.3 Å². The lowest BCUT2D eigenvalue weighted by molar-refractivity contribution is 0.674. The number of amidine groups is 3. The zero-order valence-electron chi connectivity index (χ0n) is 31.7. The number of hydrogen-bond acceptors (Lipinski definition) is 4. The van der Waals surface area contributed by atoms with E-state index in [0.29, 0.717) is 11.7 Å². The van der Waals surface area contributed by atoms with Gasteiger partial charge in [-0.15, -0.1) is 0 Å². The fraction of sp³-hybridized carbons (Fsp3) is 0.0577. The third-order valence-electron chi connectivity index (χ3n) is 10.5. The van der Waals surface area contributed by atoms with Crippen LogP contribution in [0.3, 0.4) is 0 Å². The summed E-state index contributed by atoms with van der Waals surface area (Å²) in [6.07, 6.45) is -0.326. The van der Waals surface area contributed by atoms with Gasteiger partial charge in [0.25, 0.3) is 0 Å². The molecule has 0 radical (unpaired) electrons. The molecule has 5 heteroatoms. The molecule has 8 aromatic rings. The van der Waals surface area contributed by atoms with Gasteiger partial charge in [0.1, 0.15) is 17.8 Å². The van der Waals surface area contributed by atoms with E-state index in [4.69, 9.17) is 15.4 Å². The molecule has 0 amide bonds. The van der Waals surface area contributed by atoms with Crippen LogP contribution in [0.15, 0.2) is 204 Å². The number of benzene rings is 8. The smallest absolute Gasteiger partial charge is 0.160 e. The summed E-state index contributed by atoms with van der Waals surface area (Å²) in [5.74, 6) is 1.92. The number of rotatable bonds is 9. The van der Waals surface area contributed by atoms with Crippen LogP contribution in [0.25, 0.3) is 55.3 Å². The Bertz CT molecular complexity index is 2770. The zero-order valence-corrected chi connectivity index (χ0v) is 31.7. The number of hydrogen-bond donors (Lipinski definition) is 3. The number of fused-ring (bicyclic) bond motifs is 1. The first-order valence-corrected chi connectivity index (χ1v) is 19.4. The van der Waals surface area contributed by atoms with E-state index in [1.165, 1.54) is 22.1 Å². The normalized spacial score (nSPS) is 13.7. The SMILES string of the molecule is CCNC(=N)c1ccc(-c2cccc(-c3cccc4c(-c5ccccc5C5=NC(c6ccc(-c7ccccc7)cc6)NC(c6ccccc6)=N5)cccc34)c2)cc1. The summed E-state index contributed by atoms with van der Waals surface area (Å²) in [7, 11) is 0. The van der Waals surface area contributed by atoms with Crippen molar-refractivity contribution in [1.82, 2.24) is 10.6 Å². The van der Waals surface area contributed by atoms with Gasteiger partial charge in [-0.3, -0.25) is 5.41 Å². The molecule has 0 fully saturated rings. The van der Waals surface area contributed by atoms with Crippen molar-refractivity contribution in [3.8, 4) is 44.5 Å². The second-order valence-electron chi connectivity index (χ2n) is 14.1. The minimum absolute atomic E-state index is 0.326. The number of nitrogens with one attached hydrogen (secondary N) is 3. The summed E-state index contributed by atoms with van der Waals surface area (Å²) >= 11 is 0. The van der Waals surface area contributed by atoms with E-state index in [1.807, 2.05) is 43.3 Å². The molecule has 0 aliphatic carbocycles. The van der Waals surface area contributed by atoms with Crippen LogP contribution >= 0.6 is 0 Å². The summed E-state index contributed by atoms with van der Waals surface area (Å²) < 4.78 is 0. The Labute approximate surface area is 333 Å². The van der Waals surface area contributed by atoms with Crippen LogP contribution in [0.2, 0.25) is 0 Å². The monoisotopic (exact) mass is 735 g/mol. The fourth-order valence-electron chi connectivity index (χ4n) is 7.66. The maximum atomic E-state index is 8.27. The molecule has 5 nitrogen and oxygen atoms in total. The molecule has 1 aliphatic rings. The van der Waals surface area contributed by atoms with Gasteiger partial charge >= 0.3 is 0 Å². The summed E-state index contributed by atoms with van der Waals surface area (Å²) in [5, 5.41) is 17.3. The number of nitrogens with zero attached hydrogens (tertiary/aromatic N) is 2. The van der Waals surface area contributed by atoms with Gasteiger partial charge < -0.3 is 10.6 Å². The third-order valence-corrected chi connectivity index (χ3v) is 10.5. The van der Waals surface area contributed by atoms with Gasteiger partial charge in [0.2, 0.25) is 0 Å². The Morgan fingerprint density at radius 1 is 0.509 bits per heavy atom. The molecule has 9 rings (SSSR count). The predicted octanol–water partition coefficient (Wildman–Crippen LogP) is 11.9. The lowest BCUT2D eigenvalue weighted by Gasteiger charge is -2.25. The van der Waals surface area contributed by atoms with Crippen molar-refractivity contribution in [1.29, 1.82) is 5.41 Å². The van der Waals surface area contributed by atoms with E-state index in [2.05, 4.69) is 168 Å². The van der Waals surface area contributed by atoms with E-state index in [-0.39, 0.29) is 6.17 Å². The first-order chi connectivity index (χ1) is 28.1. The van der Waals surface area contributed by atoms with Gasteiger partial charge in [-0.25, -0.2) is 9.98 Å². The Morgan fingerprint density at radius 2 is 1.04 bits per heavy atom. The van der Waals surface area contributed by atoms with Crippen LogP contribution in [-0.2, 0) is 0 Å². The minimum Gasteiger partial charge on any atom is -0.370 e. The Hall–Kier alpha value is -7.37. The summed E-state index contributed by atoms with van der Waals surface area (Å²) in [4.78, 5) is 10.5. The molecule has 0 saturated carbocycles. The molecule has 0 aromatic heterocycles. The van der Waals surface area contributed by atoms with Gasteiger partial charge in [-0.2, -0.15) is 0 Å². The first-order valence-electron chi connectivity index (χ1n) is 19.4. The van der Waals surface area contributed by atoms with Crippen molar-refractivity contribution < 1.29 is 0 Å². The molecule has 0 bridgehead atoms. The maximum absolute atomic E-state index is 8.27. The van der Waals surface area contributed by atoms with Crippen LogP contribution < -0.4 is 10.6 Å². The predicted molar refractivity (Wildman–Crippen MR) is 238 cm³/mol. The molecule has 3 N–H and O–H groups in total. The highest BCUT2D eigenvalue weighted by Crippen LogP contribution is 2.38. The average Bonchev–Trinajstić information content (AvgIpc) is 3.29. The molecule has 8 aromatic carbocycles. The highest BCUT2D eigenvalue weighted by molar-refractivity contribution is 6.16. The molecule has 274 valence electrons. The van der Waals surface area contributed by atoms with Crippen LogP contribution in [0, 0.1) is 5.41 Å². The lowest BCUT2D eigenvalue weighted by atomic mass is 9.90. The molecule has 57 heavy (non-hydrogen) atoms. The van der Waals surface area contributed by atoms with E-state index in [1.54, 1.807) is 0 Å². The van der Waals surface area contributed by atoms with Gasteiger partial charge in [0.15, 0.2) is 5.84 Å². The van der Waals surface area contributed by atoms with Gasteiger partial charge in [0.05, 0.1) is 0 Å². The van der Waals surface area contributed by atoms with Crippen molar-refractivity contribution in [2.45, 2.75) is 13.1 Å². The lowest BCUT2D eigenvalue weighted by Crippen LogP contribution is -2.33. The highest BCUT2D eigenvalue weighted by atomic mass is 15.2. The second-order valence-corrected chi connectivity index (χ2v) is 14.1. The van der Waals surface area contributed by atoms with Crippen molar-refractivity contribution in [2.75, 3.05) is 6.54 Å². The Kier molecular flexibility index (Phi) is 9.78. The topological polar surface area (TPSA) is 72.6 Å². The minimum atomic E-state index is -0.326. The van der Waals surface area contributed by atoms with Crippen LogP contribution in [-0.4, -0.2) is 24.1 Å². The molecule has 1 aliphatic heterocycles. The standard InChI is InChI=1S/C52H41N5/c1-2-54-49(53)38-30-26-37(27-31-38)41-18-11-19-42(34-41)43-22-12-24-45-44(43)23-13-25-46(45)47-20-9-10-21-48(47)52-56-50(39-16-7-4-8-17-39)55-51(57-52)40-32-28-36(29-33-40)35-14-5-3-6-15-35/h3-34,51H,2H2,1H3,(H2,53,54)(H,55,56,57). The second kappa shape index (κ2) is 15.8. The average molecular weight is 736 g/mol. The van der Waals surface area contributed by atoms with Gasteiger partial charge in [-0.1, -0.05) is 188 Å². The first kappa shape index (κ1) is 35.3. The van der Waals surface area contributed by atoms with Crippen LogP contribution in [0.4, 0.5) is 0 Å². The van der Waals surface area contributed by atoms with E-state index in [0.717, 1.165) is 67.8 Å². The van der Waals surface area contributed by atoms with Gasteiger partial charge in [-0.05, 0) is 73.8 Å². The summed E-state index contributed by atoms with van der Waals surface area (Å²) in [5.41, 5.74) is 13.0. The molecule has 1 unspecified atom stereocenters. The number of aliphatic imine (C=N–C) groups is 2. The third kappa shape index (κ3) is 7.27. The molecule has 0 saturated heterocycles. The quantitative estimate of drug-likeness (QED) is 0.102. The Balaban J connectivity index is 1.10. The summed E-state index contributed by atoms with van der Waals surface area (Å²) in [6.45, 7) is 2.73. The van der Waals surface area contributed by atoms with E-state index < -0.39 is 0 Å². The van der Waals surface area contributed by atoms with Crippen molar-refractivity contribution in [2.24, 2.45) is 9.98 Å². The van der Waals surface area contributed by atoms with Crippen molar-refractivity contribution in [3.63, 3.8) is 0 Å². The van der Waals surface area contributed by atoms with E-state index >= 15 is 0 Å². The Morgan fingerprint density at radius 3 is 1.75 bits per heavy atom. The van der Waals surface area contributed by atoms with Crippen molar-refractivity contribution in [3.05, 3.63) is 216 Å². The van der Waals surface area contributed by atoms with Crippen LogP contribution in [0.1, 0.15) is 35.3 Å². The molecule has 0 spiro atoms.